The quantitative estimate of drug-likeness (QED) is 0.567. The fourth-order valence-corrected chi connectivity index (χ4v) is 3.96. The molecule has 2 aromatic heterocycles. The van der Waals surface area contributed by atoms with Gasteiger partial charge in [0.25, 0.3) is 0 Å². The highest BCUT2D eigenvalue weighted by Gasteiger charge is 2.23. The average Bonchev–Trinajstić information content (AvgIpc) is 3.24. The van der Waals surface area contributed by atoms with Crippen molar-refractivity contribution in [1.29, 1.82) is 0 Å². The molecule has 0 saturated heterocycles. The van der Waals surface area contributed by atoms with Crippen molar-refractivity contribution in [3.05, 3.63) is 56.8 Å². The molecule has 148 valence electrons. The predicted molar refractivity (Wildman–Crippen MR) is 108 cm³/mol. The number of aromatic nitrogens is 2. The number of aryl methyl sites for hydroxylation is 1. The Bertz CT molecular complexity index is 1030. The monoisotopic (exact) mass is 401 g/mol. The first kappa shape index (κ1) is 19.9. The van der Waals surface area contributed by atoms with Crippen LogP contribution in [0.3, 0.4) is 0 Å². The molecule has 28 heavy (non-hydrogen) atoms. The molecule has 0 saturated carbocycles. The van der Waals surface area contributed by atoms with Gasteiger partial charge in [-0.25, -0.2) is 4.79 Å². The Kier molecular flexibility index (Phi) is 6.30. The van der Waals surface area contributed by atoms with Crippen LogP contribution in [0.2, 0.25) is 0 Å². The zero-order valence-electron chi connectivity index (χ0n) is 15.9. The van der Waals surface area contributed by atoms with Crippen LogP contribution in [0.25, 0.3) is 10.9 Å². The van der Waals surface area contributed by atoms with Crippen molar-refractivity contribution >= 4 is 34.1 Å². The minimum Gasteiger partial charge on any atom is -0.467 e. The fraction of sp³-hybridized carbons (Fsp3) is 0.350. The molecule has 2 N–H and O–H groups in total. The van der Waals surface area contributed by atoms with Crippen LogP contribution in [0.5, 0.6) is 0 Å². The van der Waals surface area contributed by atoms with E-state index in [1.807, 2.05) is 37.4 Å². The van der Waals surface area contributed by atoms with Gasteiger partial charge in [-0.3, -0.25) is 9.59 Å². The van der Waals surface area contributed by atoms with Crippen LogP contribution in [0.1, 0.15) is 24.1 Å². The largest absolute Gasteiger partial charge is 0.467 e. The van der Waals surface area contributed by atoms with Crippen LogP contribution in [0.4, 0.5) is 0 Å². The molecule has 0 bridgehead atoms. The molecule has 8 heteroatoms. The van der Waals surface area contributed by atoms with Crippen molar-refractivity contribution in [3.63, 3.8) is 0 Å². The number of nitrogens with one attached hydrogen (secondary N) is 2. The Labute approximate surface area is 166 Å². The molecule has 0 spiro atoms. The number of aromatic amines is 1. The van der Waals surface area contributed by atoms with E-state index in [0.717, 1.165) is 33.5 Å². The molecule has 3 rings (SSSR count). The lowest BCUT2D eigenvalue weighted by Gasteiger charge is -2.16. The molecule has 0 aliphatic carbocycles. The van der Waals surface area contributed by atoms with E-state index in [4.69, 9.17) is 4.74 Å². The highest BCUT2D eigenvalue weighted by Crippen LogP contribution is 2.19. The maximum Gasteiger partial charge on any atom is 0.328 e. The van der Waals surface area contributed by atoms with Gasteiger partial charge in [0.05, 0.1) is 7.11 Å². The van der Waals surface area contributed by atoms with Gasteiger partial charge in [0.2, 0.25) is 5.91 Å². The minimum absolute atomic E-state index is 0.0234. The number of benzene rings is 1. The lowest BCUT2D eigenvalue weighted by Crippen LogP contribution is -2.43. The summed E-state index contributed by atoms with van der Waals surface area (Å²) in [5.74, 6) is -0.722. The second-order valence-corrected chi connectivity index (χ2v) is 7.43. The molecule has 0 unspecified atom stereocenters. The topological polar surface area (TPSA) is 93.2 Å². The first-order valence-corrected chi connectivity index (χ1v) is 9.94. The van der Waals surface area contributed by atoms with Gasteiger partial charge in [-0.05, 0) is 25.0 Å². The van der Waals surface area contributed by atoms with Crippen LogP contribution >= 0.6 is 11.3 Å². The Morgan fingerprint density at radius 3 is 2.82 bits per heavy atom. The first-order chi connectivity index (χ1) is 13.5. The van der Waals surface area contributed by atoms with Crippen molar-refractivity contribution in [1.82, 2.24) is 14.9 Å². The summed E-state index contributed by atoms with van der Waals surface area (Å²) in [6, 6.07) is 7.03. The molecule has 0 radical (unpaired) electrons. The maximum atomic E-state index is 12.4. The lowest BCUT2D eigenvalue weighted by molar-refractivity contribution is -0.145. The number of hydrogen-bond acceptors (Lipinski definition) is 5. The van der Waals surface area contributed by atoms with E-state index in [-0.39, 0.29) is 17.2 Å². The summed E-state index contributed by atoms with van der Waals surface area (Å²) in [6.45, 7) is 2.35. The summed E-state index contributed by atoms with van der Waals surface area (Å²) in [7, 11) is 1.31. The van der Waals surface area contributed by atoms with E-state index >= 15 is 0 Å². The third-order valence-corrected chi connectivity index (χ3v) is 5.56. The summed E-state index contributed by atoms with van der Waals surface area (Å²) in [6.07, 6.45) is 2.93. The number of ether oxygens (including phenoxy) is 1. The number of esters is 1. The molecular weight excluding hydrogens is 378 g/mol. The number of fused-ring (bicyclic) bond motifs is 1. The van der Waals surface area contributed by atoms with Crippen molar-refractivity contribution in [2.24, 2.45) is 0 Å². The minimum atomic E-state index is -0.762. The smallest absolute Gasteiger partial charge is 0.328 e. The van der Waals surface area contributed by atoms with E-state index in [1.54, 1.807) is 9.95 Å². The summed E-state index contributed by atoms with van der Waals surface area (Å²) in [5, 5.41) is 5.58. The van der Waals surface area contributed by atoms with Crippen LogP contribution in [0, 0.1) is 6.92 Å². The predicted octanol–water partition coefficient (Wildman–Crippen LogP) is 2.38. The third kappa shape index (κ3) is 4.51. The number of nitrogens with zero attached hydrogens (tertiary/aromatic N) is 1. The van der Waals surface area contributed by atoms with Crippen molar-refractivity contribution in [3.8, 4) is 0 Å². The maximum absolute atomic E-state index is 12.4. The van der Waals surface area contributed by atoms with E-state index in [2.05, 4.69) is 10.3 Å². The van der Waals surface area contributed by atoms with Gasteiger partial charge >= 0.3 is 10.8 Å². The van der Waals surface area contributed by atoms with Crippen molar-refractivity contribution in [2.75, 3.05) is 7.11 Å². The van der Waals surface area contributed by atoms with Gasteiger partial charge in [0.1, 0.15) is 6.04 Å². The van der Waals surface area contributed by atoms with Gasteiger partial charge in [0, 0.05) is 47.6 Å². The number of hydrogen-bond donors (Lipinski definition) is 2. The van der Waals surface area contributed by atoms with Crippen LogP contribution < -0.4 is 10.2 Å². The Morgan fingerprint density at radius 2 is 2.11 bits per heavy atom. The van der Waals surface area contributed by atoms with E-state index < -0.39 is 12.0 Å². The van der Waals surface area contributed by atoms with Crippen LogP contribution in [-0.2, 0) is 27.3 Å². The SMILES string of the molecule is COC(=O)[C@@H](Cc1c[nH]c2ccccc12)NC(=O)CCCn1c(C)csc1=O. The highest BCUT2D eigenvalue weighted by atomic mass is 32.1. The molecule has 0 aliphatic heterocycles. The number of para-hydroxylation sites is 1. The van der Waals surface area contributed by atoms with Gasteiger partial charge in [0.15, 0.2) is 0 Å². The number of thiazole rings is 1. The standard InChI is InChI=1S/C20H23N3O4S/c1-13-12-28-20(26)23(13)9-5-8-18(24)22-17(19(25)27-2)10-14-11-21-16-7-4-3-6-15(14)16/h3-4,6-7,11-12,17,21H,5,8-10H2,1-2H3,(H,22,24)/t17-/m1/s1. The molecule has 1 aromatic carbocycles. The number of rotatable bonds is 8. The van der Waals surface area contributed by atoms with Crippen molar-refractivity contribution in [2.45, 2.75) is 38.8 Å². The van der Waals surface area contributed by atoms with Gasteiger partial charge in [-0.1, -0.05) is 29.5 Å². The van der Waals surface area contributed by atoms with E-state index in [0.29, 0.717) is 19.4 Å². The summed E-state index contributed by atoms with van der Waals surface area (Å²) >= 11 is 1.15. The first-order valence-electron chi connectivity index (χ1n) is 9.06. The number of H-pyrrole nitrogens is 1. The summed E-state index contributed by atoms with van der Waals surface area (Å²) in [5.41, 5.74) is 2.80. The van der Waals surface area contributed by atoms with Crippen LogP contribution in [-0.4, -0.2) is 34.6 Å². The zero-order chi connectivity index (χ0) is 20.1. The van der Waals surface area contributed by atoms with Crippen molar-refractivity contribution < 1.29 is 14.3 Å². The number of carbonyl (C=O) groups is 2. The highest BCUT2D eigenvalue weighted by molar-refractivity contribution is 7.07. The number of amides is 1. The fourth-order valence-electron chi connectivity index (χ4n) is 3.19. The van der Waals surface area contributed by atoms with Gasteiger partial charge in [-0.15, -0.1) is 0 Å². The molecule has 1 amide bonds. The lowest BCUT2D eigenvalue weighted by atomic mass is 10.0. The van der Waals surface area contributed by atoms with Gasteiger partial charge < -0.3 is 19.6 Å². The van der Waals surface area contributed by atoms with E-state index in [1.165, 1.54) is 7.11 Å². The summed E-state index contributed by atoms with van der Waals surface area (Å²) in [4.78, 5) is 39.4. The Morgan fingerprint density at radius 1 is 1.32 bits per heavy atom. The zero-order valence-corrected chi connectivity index (χ0v) is 16.7. The normalized spacial score (nSPS) is 12.1. The molecule has 7 nitrogen and oxygen atoms in total. The Hall–Kier alpha value is -2.87. The van der Waals surface area contributed by atoms with E-state index in [9.17, 15) is 14.4 Å². The summed E-state index contributed by atoms with van der Waals surface area (Å²) < 4.78 is 6.52. The molecule has 0 fully saturated rings. The molecule has 2 heterocycles. The number of methoxy groups -OCH3 is 1. The average molecular weight is 401 g/mol. The Balaban J connectivity index is 1.61. The molecule has 3 aromatic rings. The molecule has 0 aliphatic rings. The number of carbonyl (C=O) groups excluding carboxylic acids is 2. The van der Waals surface area contributed by atoms with Crippen LogP contribution in [0.15, 0.2) is 40.6 Å². The second kappa shape index (κ2) is 8.88. The van der Waals surface area contributed by atoms with Gasteiger partial charge in [-0.2, -0.15) is 0 Å². The second-order valence-electron chi connectivity index (χ2n) is 6.61. The third-order valence-electron chi connectivity index (χ3n) is 4.68. The molecule has 1 atom stereocenters. The molecular formula is C20H23N3O4S.